The van der Waals surface area contributed by atoms with Crippen LogP contribution in [0.15, 0.2) is 36.4 Å². The van der Waals surface area contributed by atoms with Gasteiger partial charge in [-0.2, -0.15) is 0 Å². The fourth-order valence-electron chi connectivity index (χ4n) is 2.91. The van der Waals surface area contributed by atoms with Gasteiger partial charge in [-0.1, -0.05) is 31.2 Å². The van der Waals surface area contributed by atoms with Crippen LogP contribution in [0, 0.1) is 0 Å². The van der Waals surface area contributed by atoms with Gasteiger partial charge < -0.3 is 9.84 Å². The molecule has 0 spiro atoms. The van der Waals surface area contributed by atoms with E-state index < -0.39 is 11.9 Å². The summed E-state index contributed by atoms with van der Waals surface area (Å²) in [5, 5.41) is 9.43. The summed E-state index contributed by atoms with van der Waals surface area (Å²) < 4.78 is 5.23. The molecule has 2 aromatic rings. The summed E-state index contributed by atoms with van der Waals surface area (Å²) in [7, 11) is 0. The number of carboxylic acid groups (broad SMARTS) is 1. The highest BCUT2D eigenvalue weighted by atomic mass is 16.5. The Hall–Kier alpha value is -2.62. The SMILES string of the molecule is CCCOC(=O)c1cccc2c1-c1c(cccc1C(=O)O)C2. The van der Waals surface area contributed by atoms with Gasteiger partial charge in [0, 0.05) is 11.1 Å². The van der Waals surface area contributed by atoms with Crippen molar-refractivity contribution in [2.75, 3.05) is 6.61 Å². The van der Waals surface area contributed by atoms with Crippen LogP contribution in [0.2, 0.25) is 0 Å². The van der Waals surface area contributed by atoms with E-state index >= 15 is 0 Å². The van der Waals surface area contributed by atoms with Crippen molar-refractivity contribution in [3.8, 4) is 11.1 Å². The predicted octanol–water partition coefficient (Wildman–Crippen LogP) is 3.52. The van der Waals surface area contributed by atoms with Crippen LogP contribution in [0.5, 0.6) is 0 Å². The van der Waals surface area contributed by atoms with Gasteiger partial charge in [0.2, 0.25) is 0 Å². The van der Waals surface area contributed by atoms with Crippen LogP contribution in [0.3, 0.4) is 0 Å². The number of esters is 1. The van der Waals surface area contributed by atoms with E-state index in [1.54, 1.807) is 18.2 Å². The molecule has 0 amide bonds. The summed E-state index contributed by atoms with van der Waals surface area (Å²) in [4.78, 5) is 23.8. The molecule has 22 heavy (non-hydrogen) atoms. The van der Waals surface area contributed by atoms with Crippen LogP contribution in [0.25, 0.3) is 11.1 Å². The molecule has 0 unspecified atom stereocenters. The van der Waals surface area contributed by atoms with Gasteiger partial charge in [0.25, 0.3) is 0 Å². The zero-order valence-corrected chi connectivity index (χ0v) is 12.3. The number of ether oxygens (including phenoxy) is 1. The molecule has 0 atom stereocenters. The van der Waals surface area contributed by atoms with Gasteiger partial charge in [-0.25, -0.2) is 9.59 Å². The highest BCUT2D eigenvalue weighted by molar-refractivity contribution is 6.05. The van der Waals surface area contributed by atoms with Gasteiger partial charge in [0.05, 0.1) is 17.7 Å². The van der Waals surface area contributed by atoms with Gasteiger partial charge in [-0.05, 0) is 36.1 Å². The Morgan fingerprint density at radius 2 is 1.64 bits per heavy atom. The number of benzene rings is 2. The smallest absolute Gasteiger partial charge is 0.338 e. The van der Waals surface area contributed by atoms with Crippen molar-refractivity contribution in [2.45, 2.75) is 19.8 Å². The molecule has 0 aromatic heterocycles. The fourth-order valence-corrected chi connectivity index (χ4v) is 2.91. The average Bonchev–Trinajstić information content (AvgIpc) is 2.90. The molecule has 1 aliphatic rings. The molecule has 0 fully saturated rings. The minimum absolute atomic E-state index is 0.229. The Morgan fingerprint density at radius 3 is 2.23 bits per heavy atom. The lowest BCUT2D eigenvalue weighted by Crippen LogP contribution is -2.09. The molecule has 0 saturated heterocycles. The maximum absolute atomic E-state index is 12.3. The number of hydrogen-bond acceptors (Lipinski definition) is 3. The van der Waals surface area contributed by atoms with Crippen molar-refractivity contribution in [1.82, 2.24) is 0 Å². The van der Waals surface area contributed by atoms with Crippen molar-refractivity contribution < 1.29 is 19.4 Å². The summed E-state index contributed by atoms with van der Waals surface area (Å²) in [5.74, 6) is -1.38. The van der Waals surface area contributed by atoms with Gasteiger partial charge in [-0.3, -0.25) is 0 Å². The molecule has 0 heterocycles. The molecule has 0 radical (unpaired) electrons. The van der Waals surface area contributed by atoms with E-state index in [-0.39, 0.29) is 5.56 Å². The monoisotopic (exact) mass is 296 g/mol. The standard InChI is InChI=1S/C18H16O4/c1-2-9-22-18(21)14-8-4-6-12-10-11-5-3-7-13(17(19)20)15(11)16(12)14/h3-8H,2,9-10H2,1H3,(H,19,20). The molecule has 4 nitrogen and oxygen atoms in total. The third-order valence-corrected chi connectivity index (χ3v) is 3.82. The first-order valence-electron chi connectivity index (χ1n) is 7.28. The Kier molecular flexibility index (Phi) is 3.67. The summed E-state index contributed by atoms with van der Waals surface area (Å²) in [6.45, 7) is 2.29. The zero-order valence-electron chi connectivity index (χ0n) is 12.3. The lowest BCUT2D eigenvalue weighted by atomic mass is 9.95. The number of carbonyl (C=O) groups excluding carboxylic acids is 1. The largest absolute Gasteiger partial charge is 0.478 e. The molecule has 0 bridgehead atoms. The quantitative estimate of drug-likeness (QED) is 0.748. The van der Waals surface area contributed by atoms with Crippen LogP contribution in [-0.2, 0) is 11.2 Å². The zero-order chi connectivity index (χ0) is 15.7. The number of fused-ring (bicyclic) bond motifs is 3. The topological polar surface area (TPSA) is 63.6 Å². The highest BCUT2D eigenvalue weighted by Crippen LogP contribution is 2.41. The van der Waals surface area contributed by atoms with E-state index in [1.807, 2.05) is 25.1 Å². The normalized spacial score (nSPS) is 11.7. The average molecular weight is 296 g/mol. The number of aromatic carboxylic acids is 1. The summed E-state index contributed by atoms with van der Waals surface area (Å²) >= 11 is 0. The molecule has 0 saturated carbocycles. The van der Waals surface area contributed by atoms with E-state index in [4.69, 9.17) is 4.74 Å². The fraction of sp³-hybridized carbons (Fsp3) is 0.222. The third-order valence-electron chi connectivity index (χ3n) is 3.82. The molecule has 3 rings (SSSR count). The lowest BCUT2D eigenvalue weighted by Gasteiger charge is -2.11. The van der Waals surface area contributed by atoms with Crippen molar-refractivity contribution in [3.63, 3.8) is 0 Å². The minimum atomic E-state index is -0.985. The second-order valence-electron chi connectivity index (χ2n) is 5.30. The van der Waals surface area contributed by atoms with Crippen molar-refractivity contribution in [3.05, 3.63) is 58.7 Å². The summed E-state index contributed by atoms with van der Waals surface area (Å²) in [6, 6.07) is 10.7. The molecular formula is C18H16O4. The first kappa shape index (κ1) is 14.3. The summed E-state index contributed by atoms with van der Waals surface area (Å²) in [5.41, 5.74) is 3.93. The first-order chi connectivity index (χ1) is 10.6. The van der Waals surface area contributed by atoms with Gasteiger partial charge in [-0.15, -0.1) is 0 Å². The number of rotatable bonds is 4. The molecule has 1 N–H and O–H groups in total. The van der Waals surface area contributed by atoms with Gasteiger partial charge in [0.1, 0.15) is 0 Å². The third kappa shape index (κ3) is 2.26. The molecule has 0 aliphatic heterocycles. The Labute approximate surface area is 128 Å². The number of carbonyl (C=O) groups is 2. The second kappa shape index (κ2) is 5.64. The maximum atomic E-state index is 12.3. The Balaban J connectivity index is 2.17. The van der Waals surface area contributed by atoms with E-state index in [9.17, 15) is 14.7 Å². The molecular weight excluding hydrogens is 280 g/mol. The van der Waals surface area contributed by atoms with Gasteiger partial charge >= 0.3 is 11.9 Å². The van der Waals surface area contributed by atoms with Crippen molar-refractivity contribution >= 4 is 11.9 Å². The van der Waals surface area contributed by atoms with Crippen LogP contribution in [-0.4, -0.2) is 23.7 Å². The van der Waals surface area contributed by atoms with Crippen LogP contribution >= 0.6 is 0 Å². The Bertz CT molecular complexity index is 762. The highest BCUT2D eigenvalue weighted by Gasteiger charge is 2.28. The molecule has 4 heteroatoms. The van der Waals surface area contributed by atoms with Crippen LogP contribution in [0.1, 0.15) is 45.2 Å². The first-order valence-corrected chi connectivity index (χ1v) is 7.28. The predicted molar refractivity (Wildman–Crippen MR) is 82.2 cm³/mol. The second-order valence-corrected chi connectivity index (χ2v) is 5.30. The van der Waals surface area contributed by atoms with E-state index in [2.05, 4.69) is 0 Å². The lowest BCUT2D eigenvalue weighted by molar-refractivity contribution is 0.0505. The van der Waals surface area contributed by atoms with Crippen molar-refractivity contribution in [1.29, 1.82) is 0 Å². The number of carboxylic acids is 1. The molecule has 1 aliphatic carbocycles. The van der Waals surface area contributed by atoms with Gasteiger partial charge in [0.15, 0.2) is 0 Å². The maximum Gasteiger partial charge on any atom is 0.338 e. The molecule has 112 valence electrons. The van der Waals surface area contributed by atoms with E-state index in [0.717, 1.165) is 17.5 Å². The van der Waals surface area contributed by atoms with Crippen LogP contribution in [0.4, 0.5) is 0 Å². The van der Waals surface area contributed by atoms with E-state index in [0.29, 0.717) is 29.7 Å². The Morgan fingerprint density at radius 1 is 1.05 bits per heavy atom. The number of hydrogen-bond donors (Lipinski definition) is 1. The minimum Gasteiger partial charge on any atom is -0.478 e. The van der Waals surface area contributed by atoms with Crippen molar-refractivity contribution in [2.24, 2.45) is 0 Å². The summed E-state index contributed by atoms with van der Waals surface area (Å²) in [6.07, 6.45) is 1.39. The van der Waals surface area contributed by atoms with E-state index in [1.165, 1.54) is 0 Å². The molecule has 2 aromatic carbocycles. The van der Waals surface area contributed by atoms with Crippen LogP contribution < -0.4 is 0 Å².